The van der Waals surface area contributed by atoms with Crippen LogP contribution >= 0.6 is 39.1 Å². The monoisotopic (exact) mass is 695 g/mol. The van der Waals surface area contributed by atoms with Crippen LogP contribution in [0.3, 0.4) is 0 Å². The van der Waals surface area contributed by atoms with Crippen molar-refractivity contribution in [3.8, 4) is 11.5 Å². The van der Waals surface area contributed by atoms with Crippen LogP contribution in [0.2, 0.25) is 10.0 Å². The van der Waals surface area contributed by atoms with Crippen molar-refractivity contribution in [2.75, 3.05) is 4.90 Å². The molecular weight excluding hydrogens is 677 g/mol. The van der Waals surface area contributed by atoms with Crippen LogP contribution in [0.5, 0.6) is 11.5 Å². The summed E-state index contributed by atoms with van der Waals surface area (Å²) in [5.41, 5.74) is 1.66. The van der Waals surface area contributed by atoms with Crippen LogP contribution in [-0.2, 0) is 22.8 Å². The average molecular weight is 697 g/mol. The van der Waals surface area contributed by atoms with Gasteiger partial charge in [0.2, 0.25) is 0 Å². The minimum atomic E-state index is -0.900. The van der Waals surface area contributed by atoms with Crippen LogP contribution in [-0.4, -0.2) is 22.8 Å². The van der Waals surface area contributed by atoms with Gasteiger partial charge in [0, 0.05) is 37.8 Å². The number of carbonyl (C=O) groups excluding carboxylic acids is 3. The van der Waals surface area contributed by atoms with Crippen LogP contribution in [0, 0.1) is 10.1 Å². The summed E-state index contributed by atoms with van der Waals surface area (Å²) in [5.74, 6) is -0.898. The molecule has 222 valence electrons. The Morgan fingerprint density at radius 1 is 0.886 bits per heavy atom. The molecule has 1 aliphatic heterocycles. The van der Waals surface area contributed by atoms with E-state index in [4.69, 9.17) is 32.7 Å². The standard InChI is InChI=1S/C31H20BrCl2N3O7/c32-21-4-12-28(44-16-18-1-6-24(7-2-18)37(41)42)20(13-21)14-26-29(38)35-31(40)36(30(26)39)23-8-10-25(11-9-23)43-17-19-3-5-22(33)15-27(19)34/h1-15H,16-17H2,(H,35,38,40)/b26-14+. The molecule has 0 unspecified atom stereocenters. The molecule has 5 rings (SSSR count). The van der Waals surface area contributed by atoms with Crippen LogP contribution in [0.1, 0.15) is 16.7 Å². The maximum atomic E-state index is 13.5. The number of urea groups is 1. The molecule has 1 N–H and O–H groups in total. The number of amides is 4. The van der Waals surface area contributed by atoms with Gasteiger partial charge in [-0.1, -0.05) is 45.2 Å². The molecule has 1 heterocycles. The Morgan fingerprint density at radius 2 is 1.61 bits per heavy atom. The first kappa shape index (κ1) is 30.7. The summed E-state index contributed by atoms with van der Waals surface area (Å²) in [4.78, 5) is 50.3. The zero-order chi connectivity index (χ0) is 31.4. The van der Waals surface area contributed by atoms with Gasteiger partial charge in [0.15, 0.2) is 0 Å². The number of imide groups is 2. The Labute approximate surface area is 269 Å². The van der Waals surface area contributed by atoms with Crippen LogP contribution in [0.4, 0.5) is 16.2 Å². The number of hydrogen-bond donors (Lipinski definition) is 1. The minimum absolute atomic E-state index is 0.0474. The normalized spacial score (nSPS) is 14.0. The molecule has 0 radical (unpaired) electrons. The van der Waals surface area contributed by atoms with Gasteiger partial charge in [-0.05, 0) is 78.4 Å². The lowest BCUT2D eigenvalue weighted by Crippen LogP contribution is -2.54. The SMILES string of the molecule is O=C1NC(=O)N(c2ccc(OCc3ccc(Cl)cc3Cl)cc2)C(=O)/C1=C/c1cc(Br)ccc1OCc1ccc([N+](=O)[O-])cc1. The summed E-state index contributed by atoms with van der Waals surface area (Å²) in [6.45, 7) is 0.236. The fraction of sp³-hybridized carbons (Fsp3) is 0.0645. The summed E-state index contributed by atoms with van der Waals surface area (Å²) in [6, 6.07) is 21.2. The van der Waals surface area contributed by atoms with Crippen molar-refractivity contribution in [2.24, 2.45) is 0 Å². The van der Waals surface area contributed by atoms with Gasteiger partial charge in [-0.25, -0.2) is 9.69 Å². The third-order valence-corrected chi connectivity index (χ3v) is 7.50. The third-order valence-electron chi connectivity index (χ3n) is 6.42. The van der Waals surface area contributed by atoms with Crippen molar-refractivity contribution >= 4 is 74.4 Å². The van der Waals surface area contributed by atoms with Crippen molar-refractivity contribution in [1.29, 1.82) is 0 Å². The number of nitro benzene ring substituents is 1. The van der Waals surface area contributed by atoms with Crippen LogP contribution < -0.4 is 19.7 Å². The predicted octanol–water partition coefficient (Wildman–Crippen LogP) is 7.49. The van der Waals surface area contributed by atoms with E-state index < -0.39 is 22.8 Å². The Kier molecular flexibility index (Phi) is 9.29. The first-order valence-electron chi connectivity index (χ1n) is 12.8. The number of nitro groups is 1. The van der Waals surface area contributed by atoms with Crippen LogP contribution in [0.25, 0.3) is 6.08 Å². The molecular formula is C31H20BrCl2N3O7. The molecule has 0 aliphatic carbocycles. The Hall–Kier alpha value is -4.71. The van der Waals surface area contributed by atoms with E-state index in [0.717, 1.165) is 10.5 Å². The number of non-ortho nitro benzene ring substituents is 1. The van der Waals surface area contributed by atoms with Crippen LogP contribution in [0.15, 0.2) is 95.0 Å². The molecule has 0 saturated carbocycles. The molecule has 4 aromatic rings. The van der Waals surface area contributed by atoms with E-state index >= 15 is 0 Å². The zero-order valence-corrected chi connectivity index (χ0v) is 25.6. The number of nitrogens with zero attached hydrogens (tertiary/aromatic N) is 2. The number of barbiturate groups is 1. The van der Waals surface area contributed by atoms with Gasteiger partial charge >= 0.3 is 6.03 Å². The molecule has 0 spiro atoms. The van der Waals surface area contributed by atoms with E-state index in [1.54, 1.807) is 60.7 Å². The van der Waals surface area contributed by atoms with E-state index in [9.17, 15) is 24.5 Å². The maximum Gasteiger partial charge on any atom is 0.335 e. The molecule has 4 amide bonds. The number of carbonyl (C=O) groups is 3. The first-order chi connectivity index (χ1) is 21.1. The van der Waals surface area contributed by atoms with Crippen molar-refractivity contribution in [3.63, 3.8) is 0 Å². The number of hydrogen-bond acceptors (Lipinski definition) is 7. The number of ether oxygens (including phenoxy) is 2. The highest BCUT2D eigenvalue weighted by Gasteiger charge is 2.37. The lowest BCUT2D eigenvalue weighted by molar-refractivity contribution is -0.384. The number of benzene rings is 4. The summed E-state index contributed by atoms with van der Waals surface area (Å²) in [7, 11) is 0. The molecule has 10 nitrogen and oxygen atoms in total. The van der Waals surface area contributed by atoms with Gasteiger partial charge in [-0.2, -0.15) is 0 Å². The predicted molar refractivity (Wildman–Crippen MR) is 168 cm³/mol. The second-order valence-corrected chi connectivity index (χ2v) is 11.1. The highest BCUT2D eigenvalue weighted by Crippen LogP contribution is 2.30. The molecule has 1 aliphatic rings. The number of anilines is 1. The molecule has 0 bridgehead atoms. The molecule has 44 heavy (non-hydrogen) atoms. The van der Waals surface area contributed by atoms with Gasteiger partial charge in [0.05, 0.1) is 10.6 Å². The number of halogens is 3. The number of rotatable bonds is 9. The van der Waals surface area contributed by atoms with E-state index in [1.165, 1.54) is 30.3 Å². The van der Waals surface area contributed by atoms with E-state index in [0.29, 0.717) is 37.1 Å². The molecule has 1 saturated heterocycles. The summed E-state index contributed by atoms with van der Waals surface area (Å²) < 4.78 is 12.3. The van der Waals surface area contributed by atoms with E-state index in [1.807, 2.05) is 0 Å². The van der Waals surface area contributed by atoms with Gasteiger partial charge < -0.3 is 9.47 Å². The number of nitrogens with one attached hydrogen (secondary N) is 1. The Morgan fingerprint density at radius 3 is 2.30 bits per heavy atom. The lowest BCUT2D eigenvalue weighted by Gasteiger charge is -2.26. The zero-order valence-electron chi connectivity index (χ0n) is 22.5. The maximum absolute atomic E-state index is 13.5. The van der Waals surface area contributed by atoms with Gasteiger partial charge in [0.25, 0.3) is 17.5 Å². The Balaban J connectivity index is 1.34. The molecule has 13 heteroatoms. The Bertz CT molecular complexity index is 1810. The lowest BCUT2D eigenvalue weighted by atomic mass is 10.1. The fourth-order valence-electron chi connectivity index (χ4n) is 4.18. The van der Waals surface area contributed by atoms with Crippen molar-refractivity contribution in [3.05, 3.63) is 132 Å². The van der Waals surface area contributed by atoms with Crippen molar-refractivity contribution < 1.29 is 28.8 Å². The van der Waals surface area contributed by atoms with Gasteiger partial charge in [0.1, 0.15) is 30.3 Å². The van der Waals surface area contributed by atoms with E-state index in [2.05, 4.69) is 21.2 Å². The molecule has 1 fully saturated rings. The molecule has 4 aromatic carbocycles. The van der Waals surface area contributed by atoms with Gasteiger partial charge in [-0.15, -0.1) is 0 Å². The highest BCUT2D eigenvalue weighted by molar-refractivity contribution is 9.10. The fourth-order valence-corrected chi connectivity index (χ4v) is 5.02. The van der Waals surface area contributed by atoms with E-state index in [-0.39, 0.29) is 30.2 Å². The topological polar surface area (TPSA) is 128 Å². The third kappa shape index (κ3) is 7.08. The smallest absolute Gasteiger partial charge is 0.335 e. The first-order valence-corrected chi connectivity index (χ1v) is 14.4. The second kappa shape index (κ2) is 13.3. The minimum Gasteiger partial charge on any atom is -0.489 e. The molecule has 0 atom stereocenters. The summed E-state index contributed by atoms with van der Waals surface area (Å²) in [5, 5.41) is 14.1. The second-order valence-electron chi connectivity index (χ2n) is 9.37. The van der Waals surface area contributed by atoms with Gasteiger partial charge in [-0.3, -0.25) is 25.0 Å². The summed E-state index contributed by atoms with van der Waals surface area (Å²) >= 11 is 15.5. The molecule has 0 aromatic heterocycles. The quantitative estimate of drug-likeness (QED) is 0.0831. The average Bonchev–Trinajstić information content (AvgIpc) is 2.99. The summed E-state index contributed by atoms with van der Waals surface area (Å²) in [6.07, 6.45) is 1.33. The van der Waals surface area contributed by atoms with Crippen molar-refractivity contribution in [1.82, 2.24) is 5.32 Å². The van der Waals surface area contributed by atoms with Crippen molar-refractivity contribution in [2.45, 2.75) is 13.2 Å². The highest BCUT2D eigenvalue weighted by atomic mass is 79.9. The largest absolute Gasteiger partial charge is 0.489 e.